The monoisotopic (exact) mass is 434 g/mol. The molecule has 32 heavy (non-hydrogen) atoms. The van der Waals surface area contributed by atoms with Crippen molar-refractivity contribution in [2.75, 3.05) is 19.6 Å². The van der Waals surface area contributed by atoms with Crippen LogP contribution in [0.1, 0.15) is 36.5 Å². The van der Waals surface area contributed by atoms with E-state index in [0.717, 1.165) is 18.7 Å². The van der Waals surface area contributed by atoms with E-state index in [4.69, 9.17) is 0 Å². The minimum absolute atomic E-state index is 0.289. The molecular formula is C25H31FN6. The lowest BCUT2D eigenvalue weighted by atomic mass is 10.1. The summed E-state index contributed by atoms with van der Waals surface area (Å²) in [4.78, 5) is 11.1. The maximum absolute atomic E-state index is 14.5. The molecular weight excluding hydrogens is 403 g/mol. The molecule has 1 aromatic heterocycles. The van der Waals surface area contributed by atoms with Crippen LogP contribution in [-0.2, 0) is 19.6 Å². The highest BCUT2D eigenvalue weighted by Crippen LogP contribution is 2.16. The minimum Gasteiger partial charge on any atom is -0.357 e. The molecule has 0 radical (unpaired) electrons. The van der Waals surface area contributed by atoms with E-state index in [9.17, 15) is 4.39 Å². The first-order chi connectivity index (χ1) is 15.7. The first-order valence-electron chi connectivity index (χ1n) is 11.3. The van der Waals surface area contributed by atoms with Crippen LogP contribution in [0, 0.1) is 5.82 Å². The van der Waals surface area contributed by atoms with E-state index in [1.807, 2.05) is 13.0 Å². The maximum Gasteiger partial charge on any atom is 0.191 e. The van der Waals surface area contributed by atoms with Crippen molar-refractivity contribution >= 4 is 5.96 Å². The number of nitrogens with zero attached hydrogens (tertiary/aromatic N) is 4. The van der Waals surface area contributed by atoms with E-state index in [1.54, 1.807) is 29.4 Å². The van der Waals surface area contributed by atoms with Crippen molar-refractivity contribution in [2.24, 2.45) is 4.99 Å². The lowest BCUT2D eigenvalue weighted by Gasteiger charge is -2.15. The largest absolute Gasteiger partial charge is 0.357 e. The summed E-state index contributed by atoms with van der Waals surface area (Å²) in [6.07, 6.45) is 7.57. The van der Waals surface area contributed by atoms with Crippen LogP contribution in [0.5, 0.6) is 0 Å². The summed E-state index contributed by atoms with van der Waals surface area (Å²) < 4.78 is 16.1. The second-order valence-electron chi connectivity index (χ2n) is 8.10. The number of halogens is 1. The summed E-state index contributed by atoms with van der Waals surface area (Å²) in [5.41, 5.74) is 3.86. The zero-order chi connectivity index (χ0) is 22.2. The standard InChI is InChI=1S/C25H31FN6/c1-2-28-25(29-16-20-5-7-21(8-6-20)18-31-12-3-4-13-31)30-17-22-9-10-24(23(26)15-22)32-14-11-27-19-32/h5-11,14-15,19H,2-4,12-13,16-18H2,1H3,(H2,28,29,30). The number of imidazole rings is 1. The molecule has 2 heterocycles. The summed E-state index contributed by atoms with van der Waals surface area (Å²) in [5.74, 6) is 0.426. The molecule has 1 aliphatic heterocycles. The molecule has 0 amide bonds. The third-order valence-electron chi connectivity index (χ3n) is 5.65. The van der Waals surface area contributed by atoms with Gasteiger partial charge in [0.1, 0.15) is 5.82 Å². The molecule has 2 N–H and O–H groups in total. The zero-order valence-corrected chi connectivity index (χ0v) is 18.6. The van der Waals surface area contributed by atoms with Gasteiger partial charge >= 0.3 is 0 Å². The fourth-order valence-electron chi connectivity index (χ4n) is 3.92. The van der Waals surface area contributed by atoms with E-state index in [-0.39, 0.29) is 5.82 Å². The summed E-state index contributed by atoms with van der Waals surface area (Å²) in [7, 11) is 0. The summed E-state index contributed by atoms with van der Waals surface area (Å²) in [6.45, 7) is 7.32. The third-order valence-corrected chi connectivity index (χ3v) is 5.65. The predicted octanol–water partition coefficient (Wildman–Crippen LogP) is 3.86. The Kier molecular flexibility index (Phi) is 7.51. The second-order valence-corrected chi connectivity index (χ2v) is 8.10. The van der Waals surface area contributed by atoms with Crippen LogP contribution in [0.15, 0.2) is 66.2 Å². The van der Waals surface area contributed by atoms with E-state index in [1.165, 1.54) is 43.1 Å². The first kappa shape index (κ1) is 22.0. The van der Waals surface area contributed by atoms with Gasteiger partial charge in [0.05, 0.1) is 18.6 Å². The number of hydrogen-bond donors (Lipinski definition) is 2. The van der Waals surface area contributed by atoms with Crippen LogP contribution in [0.2, 0.25) is 0 Å². The molecule has 6 nitrogen and oxygen atoms in total. The number of benzene rings is 2. The average molecular weight is 435 g/mol. The highest BCUT2D eigenvalue weighted by molar-refractivity contribution is 5.79. The van der Waals surface area contributed by atoms with E-state index in [2.05, 4.69) is 49.8 Å². The molecule has 0 atom stereocenters. The van der Waals surface area contributed by atoms with E-state index < -0.39 is 0 Å². The number of likely N-dealkylation sites (tertiary alicyclic amines) is 1. The molecule has 2 aromatic carbocycles. The van der Waals surface area contributed by atoms with Gasteiger partial charge in [0.25, 0.3) is 0 Å². The normalized spacial score (nSPS) is 14.6. The quantitative estimate of drug-likeness (QED) is 0.418. The van der Waals surface area contributed by atoms with Gasteiger partial charge in [-0.15, -0.1) is 0 Å². The Morgan fingerprint density at radius 3 is 2.47 bits per heavy atom. The fraction of sp³-hybridized carbons (Fsp3) is 0.360. The van der Waals surface area contributed by atoms with Gasteiger partial charge in [-0.1, -0.05) is 30.3 Å². The van der Waals surface area contributed by atoms with Crippen molar-refractivity contribution < 1.29 is 4.39 Å². The van der Waals surface area contributed by atoms with Crippen molar-refractivity contribution in [1.82, 2.24) is 25.1 Å². The Labute approximate surface area is 189 Å². The Hall–Kier alpha value is -3.19. The number of aliphatic imine (C=N–C) groups is 1. The molecule has 1 saturated heterocycles. The van der Waals surface area contributed by atoms with E-state index in [0.29, 0.717) is 24.7 Å². The van der Waals surface area contributed by atoms with Crippen molar-refractivity contribution in [3.8, 4) is 5.69 Å². The van der Waals surface area contributed by atoms with Crippen molar-refractivity contribution in [3.05, 3.63) is 83.7 Å². The Balaban J connectivity index is 1.33. The van der Waals surface area contributed by atoms with Crippen LogP contribution in [-0.4, -0.2) is 40.0 Å². The van der Waals surface area contributed by atoms with Crippen LogP contribution in [0.4, 0.5) is 4.39 Å². The second kappa shape index (κ2) is 10.9. The Morgan fingerprint density at radius 2 is 1.78 bits per heavy atom. The summed E-state index contributed by atoms with van der Waals surface area (Å²) >= 11 is 0. The van der Waals surface area contributed by atoms with Crippen LogP contribution in [0.25, 0.3) is 5.69 Å². The van der Waals surface area contributed by atoms with Crippen LogP contribution in [0.3, 0.4) is 0 Å². The van der Waals surface area contributed by atoms with Gasteiger partial charge in [0, 0.05) is 32.0 Å². The van der Waals surface area contributed by atoms with Gasteiger partial charge in [-0.3, -0.25) is 4.90 Å². The van der Waals surface area contributed by atoms with E-state index >= 15 is 0 Å². The lowest BCUT2D eigenvalue weighted by Crippen LogP contribution is -2.36. The van der Waals surface area contributed by atoms with Crippen LogP contribution >= 0.6 is 0 Å². The average Bonchev–Trinajstić information content (AvgIpc) is 3.51. The Morgan fingerprint density at radius 1 is 1.03 bits per heavy atom. The molecule has 0 spiro atoms. The Bertz CT molecular complexity index is 1010. The number of nitrogens with one attached hydrogen (secondary N) is 2. The van der Waals surface area contributed by atoms with Crippen LogP contribution < -0.4 is 10.6 Å². The summed E-state index contributed by atoms with van der Waals surface area (Å²) in [5, 5.41) is 6.63. The zero-order valence-electron chi connectivity index (χ0n) is 18.6. The minimum atomic E-state index is -0.289. The van der Waals surface area contributed by atoms with Gasteiger partial charge in [-0.25, -0.2) is 14.4 Å². The maximum atomic E-state index is 14.5. The van der Waals surface area contributed by atoms with Gasteiger partial charge in [0.2, 0.25) is 0 Å². The van der Waals surface area contributed by atoms with Gasteiger partial charge < -0.3 is 15.2 Å². The number of aromatic nitrogens is 2. The predicted molar refractivity (Wildman–Crippen MR) is 126 cm³/mol. The smallest absolute Gasteiger partial charge is 0.191 e. The van der Waals surface area contributed by atoms with Gasteiger partial charge in [-0.2, -0.15) is 0 Å². The summed E-state index contributed by atoms with van der Waals surface area (Å²) in [6, 6.07) is 13.9. The van der Waals surface area contributed by atoms with Gasteiger partial charge in [-0.05, 0) is 61.7 Å². The molecule has 168 valence electrons. The topological polar surface area (TPSA) is 57.5 Å². The molecule has 1 fully saturated rings. The first-order valence-corrected chi connectivity index (χ1v) is 11.3. The number of hydrogen-bond acceptors (Lipinski definition) is 3. The molecule has 4 rings (SSSR count). The number of guanidine groups is 1. The highest BCUT2D eigenvalue weighted by atomic mass is 19.1. The third kappa shape index (κ3) is 5.95. The van der Waals surface area contributed by atoms with Crippen molar-refractivity contribution in [1.29, 1.82) is 0 Å². The molecule has 7 heteroatoms. The molecule has 0 saturated carbocycles. The molecule has 0 unspecified atom stereocenters. The highest BCUT2D eigenvalue weighted by Gasteiger charge is 2.11. The molecule has 0 aliphatic carbocycles. The molecule has 0 bridgehead atoms. The SMILES string of the molecule is CCNC(=NCc1ccc(-n2ccnc2)c(F)c1)NCc1ccc(CN2CCCC2)cc1. The number of rotatable bonds is 8. The fourth-order valence-corrected chi connectivity index (χ4v) is 3.92. The molecule has 3 aromatic rings. The van der Waals surface area contributed by atoms with Crippen molar-refractivity contribution in [3.63, 3.8) is 0 Å². The lowest BCUT2D eigenvalue weighted by molar-refractivity contribution is 0.331. The van der Waals surface area contributed by atoms with Crippen molar-refractivity contribution in [2.45, 2.75) is 39.4 Å². The molecule has 1 aliphatic rings. The van der Waals surface area contributed by atoms with Gasteiger partial charge in [0.15, 0.2) is 5.96 Å².